The predicted molar refractivity (Wildman–Crippen MR) is 114 cm³/mol. The van der Waals surface area contributed by atoms with Crippen molar-refractivity contribution in [3.8, 4) is 11.3 Å². The summed E-state index contributed by atoms with van der Waals surface area (Å²) in [4.78, 5) is 29.6. The summed E-state index contributed by atoms with van der Waals surface area (Å²) in [6, 6.07) is 11.5. The smallest absolute Gasteiger partial charge is 0.267 e. The molecule has 0 atom stereocenters. The van der Waals surface area contributed by atoms with Gasteiger partial charge in [0.1, 0.15) is 11.3 Å². The van der Waals surface area contributed by atoms with E-state index in [-0.39, 0.29) is 11.6 Å². The molecule has 0 spiro atoms. The van der Waals surface area contributed by atoms with E-state index in [2.05, 4.69) is 30.4 Å². The van der Waals surface area contributed by atoms with Crippen molar-refractivity contribution in [2.75, 3.05) is 5.32 Å². The number of fused-ring (bicyclic) bond motifs is 1. The molecule has 0 bridgehead atoms. The van der Waals surface area contributed by atoms with E-state index in [1.165, 1.54) is 0 Å². The van der Waals surface area contributed by atoms with Crippen LogP contribution >= 0.6 is 0 Å². The highest BCUT2D eigenvalue weighted by Gasteiger charge is 2.24. The third kappa shape index (κ3) is 3.76. The van der Waals surface area contributed by atoms with Crippen molar-refractivity contribution >= 4 is 17.0 Å². The van der Waals surface area contributed by atoms with Crippen molar-refractivity contribution in [3.05, 3.63) is 71.5 Å². The van der Waals surface area contributed by atoms with Gasteiger partial charge in [0, 0.05) is 42.5 Å². The molecule has 4 aromatic heterocycles. The largest absolute Gasteiger partial charge is 0.367 e. The Balaban J connectivity index is 1.28. The fraction of sp³-hybridized carbons (Fsp3) is 0.273. The molecule has 0 amide bonds. The number of hydrogen-bond acceptors (Lipinski definition) is 7. The summed E-state index contributed by atoms with van der Waals surface area (Å²) in [5.41, 5.74) is 3.11. The van der Waals surface area contributed by atoms with Crippen molar-refractivity contribution in [3.63, 3.8) is 0 Å². The third-order valence-electron chi connectivity index (χ3n) is 5.53. The third-order valence-corrected chi connectivity index (χ3v) is 5.53. The van der Waals surface area contributed by atoms with Crippen LogP contribution < -0.4 is 10.9 Å². The second kappa shape index (κ2) is 7.98. The molecule has 1 aliphatic rings. The zero-order valence-electron chi connectivity index (χ0n) is 16.3. The van der Waals surface area contributed by atoms with Crippen LogP contribution in [0.5, 0.6) is 0 Å². The first-order valence-electron chi connectivity index (χ1n) is 10.1. The fourth-order valence-corrected chi connectivity index (χ4v) is 3.97. The standard InChI is InChI=1S/C22H21N7O/c30-21-8-6-18(15-9-11-23-12-10-15)28-29(21)17-3-1-16(2-4-17)26-20-7-5-19-22(27-20)25-14-13-24-19/h5-14,16-17H,1-4H2,(H,25,26,27). The Hall–Kier alpha value is -3.68. The molecule has 1 N–H and O–H groups in total. The zero-order chi connectivity index (χ0) is 20.3. The summed E-state index contributed by atoms with van der Waals surface area (Å²) in [5.74, 6) is 0.807. The molecule has 0 radical (unpaired) electrons. The van der Waals surface area contributed by atoms with E-state index in [0.717, 1.165) is 48.3 Å². The first kappa shape index (κ1) is 18.4. The van der Waals surface area contributed by atoms with E-state index in [0.29, 0.717) is 11.7 Å². The maximum atomic E-state index is 12.4. The Bertz CT molecular complexity index is 1220. The number of nitrogens with zero attached hydrogens (tertiary/aromatic N) is 6. The highest BCUT2D eigenvalue weighted by Crippen LogP contribution is 2.29. The molecule has 1 saturated carbocycles. The van der Waals surface area contributed by atoms with Crippen molar-refractivity contribution in [2.45, 2.75) is 37.8 Å². The van der Waals surface area contributed by atoms with Gasteiger partial charge in [0.15, 0.2) is 5.65 Å². The van der Waals surface area contributed by atoms with Gasteiger partial charge in [0.05, 0.1) is 11.7 Å². The van der Waals surface area contributed by atoms with Crippen LogP contribution in [0.2, 0.25) is 0 Å². The minimum Gasteiger partial charge on any atom is -0.367 e. The van der Waals surface area contributed by atoms with Gasteiger partial charge in [-0.2, -0.15) is 5.10 Å². The Kier molecular flexibility index (Phi) is 4.88. The quantitative estimate of drug-likeness (QED) is 0.562. The maximum absolute atomic E-state index is 12.4. The van der Waals surface area contributed by atoms with Crippen LogP contribution in [0.1, 0.15) is 31.7 Å². The highest BCUT2D eigenvalue weighted by molar-refractivity contribution is 5.71. The SMILES string of the molecule is O=c1ccc(-c2ccncc2)nn1C1CCC(Nc2ccc3nccnc3n2)CC1. The maximum Gasteiger partial charge on any atom is 0.267 e. The molecule has 8 heteroatoms. The molecule has 0 aliphatic heterocycles. The number of pyridine rings is 2. The van der Waals surface area contributed by atoms with Crippen LogP contribution in [0.4, 0.5) is 5.82 Å². The molecule has 4 aromatic rings. The second-order valence-electron chi connectivity index (χ2n) is 7.48. The number of anilines is 1. The molecule has 150 valence electrons. The summed E-state index contributed by atoms with van der Waals surface area (Å²) < 4.78 is 1.65. The molecular weight excluding hydrogens is 378 g/mol. The number of hydrogen-bond donors (Lipinski definition) is 1. The lowest BCUT2D eigenvalue weighted by Crippen LogP contribution is -2.33. The van der Waals surface area contributed by atoms with Crippen LogP contribution in [0.15, 0.2) is 66.0 Å². The molecule has 0 saturated heterocycles. The first-order valence-corrected chi connectivity index (χ1v) is 10.1. The number of aromatic nitrogens is 6. The van der Waals surface area contributed by atoms with Gasteiger partial charge in [-0.15, -0.1) is 0 Å². The predicted octanol–water partition coefficient (Wildman–Crippen LogP) is 3.24. The van der Waals surface area contributed by atoms with Gasteiger partial charge in [-0.1, -0.05) is 0 Å². The van der Waals surface area contributed by atoms with Crippen molar-refractivity contribution in [1.82, 2.24) is 29.7 Å². The van der Waals surface area contributed by atoms with Gasteiger partial charge < -0.3 is 5.32 Å². The van der Waals surface area contributed by atoms with Gasteiger partial charge in [0.25, 0.3) is 5.56 Å². The van der Waals surface area contributed by atoms with Gasteiger partial charge in [0.2, 0.25) is 0 Å². The topological polar surface area (TPSA) is 98.5 Å². The lowest BCUT2D eigenvalue weighted by atomic mass is 9.91. The molecule has 5 rings (SSSR count). The monoisotopic (exact) mass is 399 g/mol. The zero-order valence-corrected chi connectivity index (χ0v) is 16.3. The Morgan fingerprint density at radius 3 is 2.50 bits per heavy atom. The summed E-state index contributed by atoms with van der Waals surface area (Å²) >= 11 is 0. The van der Waals surface area contributed by atoms with Crippen LogP contribution in [0.3, 0.4) is 0 Å². The molecular formula is C22H21N7O. The summed E-state index contributed by atoms with van der Waals surface area (Å²) in [7, 11) is 0. The first-order chi connectivity index (χ1) is 14.8. The molecule has 30 heavy (non-hydrogen) atoms. The Morgan fingerprint density at radius 2 is 1.67 bits per heavy atom. The van der Waals surface area contributed by atoms with E-state index in [9.17, 15) is 4.79 Å². The van der Waals surface area contributed by atoms with E-state index in [1.54, 1.807) is 41.6 Å². The summed E-state index contributed by atoms with van der Waals surface area (Å²) in [6.07, 6.45) is 10.4. The van der Waals surface area contributed by atoms with Crippen LogP contribution in [-0.2, 0) is 0 Å². The molecule has 8 nitrogen and oxygen atoms in total. The van der Waals surface area contributed by atoms with Crippen molar-refractivity contribution in [2.24, 2.45) is 0 Å². The average Bonchev–Trinajstić information content (AvgIpc) is 2.80. The van der Waals surface area contributed by atoms with Gasteiger partial charge >= 0.3 is 0 Å². The molecule has 1 fully saturated rings. The van der Waals surface area contributed by atoms with Crippen molar-refractivity contribution in [1.29, 1.82) is 0 Å². The second-order valence-corrected chi connectivity index (χ2v) is 7.48. The van der Waals surface area contributed by atoms with E-state index >= 15 is 0 Å². The minimum atomic E-state index is -0.0565. The van der Waals surface area contributed by atoms with Crippen LogP contribution in [0, 0.1) is 0 Å². The molecule has 1 aliphatic carbocycles. The summed E-state index contributed by atoms with van der Waals surface area (Å²) in [6.45, 7) is 0. The highest BCUT2D eigenvalue weighted by atomic mass is 16.1. The Labute approximate surface area is 173 Å². The molecule has 0 aromatic carbocycles. The minimum absolute atomic E-state index is 0.0565. The lowest BCUT2D eigenvalue weighted by Gasteiger charge is -2.30. The average molecular weight is 399 g/mol. The van der Waals surface area contributed by atoms with E-state index < -0.39 is 0 Å². The van der Waals surface area contributed by atoms with Crippen LogP contribution in [0.25, 0.3) is 22.4 Å². The number of rotatable bonds is 4. The van der Waals surface area contributed by atoms with Crippen molar-refractivity contribution < 1.29 is 0 Å². The molecule has 4 heterocycles. The molecule has 0 unspecified atom stereocenters. The lowest BCUT2D eigenvalue weighted by molar-refractivity contribution is 0.304. The fourth-order valence-electron chi connectivity index (χ4n) is 3.97. The van der Waals surface area contributed by atoms with Gasteiger partial charge in [-0.3, -0.25) is 14.8 Å². The van der Waals surface area contributed by atoms with Gasteiger partial charge in [-0.25, -0.2) is 14.6 Å². The van der Waals surface area contributed by atoms with Gasteiger partial charge in [-0.05, 0) is 56.0 Å². The van der Waals surface area contributed by atoms with E-state index in [1.807, 2.05) is 24.3 Å². The van der Waals surface area contributed by atoms with E-state index in [4.69, 9.17) is 0 Å². The Morgan fingerprint density at radius 1 is 0.867 bits per heavy atom. The summed E-state index contributed by atoms with van der Waals surface area (Å²) in [5, 5.41) is 8.14. The van der Waals surface area contributed by atoms with Crippen LogP contribution in [-0.4, -0.2) is 35.8 Å². The normalized spacial score (nSPS) is 18.9. The number of nitrogens with one attached hydrogen (secondary N) is 1.